The second kappa shape index (κ2) is 13.6. The van der Waals surface area contributed by atoms with Gasteiger partial charge in [0.25, 0.3) is 0 Å². The van der Waals surface area contributed by atoms with Crippen LogP contribution >= 0.6 is 0 Å². The summed E-state index contributed by atoms with van der Waals surface area (Å²) in [5.41, 5.74) is 4.53. The molecule has 44 heavy (non-hydrogen) atoms. The highest BCUT2D eigenvalue weighted by atomic mass is 16.5. The predicted octanol–water partition coefficient (Wildman–Crippen LogP) is 5.35. The molecule has 1 aliphatic carbocycles. The largest absolute Gasteiger partial charge is 0.461 e. The van der Waals surface area contributed by atoms with Crippen molar-refractivity contribution in [2.45, 2.75) is 70.6 Å². The number of piperazine rings is 1. The summed E-state index contributed by atoms with van der Waals surface area (Å²) in [7, 11) is 0. The molecule has 0 N–H and O–H groups in total. The van der Waals surface area contributed by atoms with Gasteiger partial charge in [0.15, 0.2) is 0 Å². The molecule has 3 heterocycles. The Morgan fingerprint density at radius 1 is 1.07 bits per heavy atom. The van der Waals surface area contributed by atoms with Gasteiger partial charge in [-0.2, -0.15) is 15.2 Å². The molecular formula is C35H42N6O3. The topological polar surface area (TPSA) is 94.8 Å². The molecule has 0 radical (unpaired) electrons. The summed E-state index contributed by atoms with van der Waals surface area (Å²) >= 11 is 0. The molecule has 3 aromatic rings. The van der Waals surface area contributed by atoms with Crippen molar-refractivity contribution in [3.05, 3.63) is 65.9 Å². The number of fused-ring (bicyclic) bond motifs is 2. The highest BCUT2D eigenvalue weighted by molar-refractivity contribution is 5.97. The molecule has 0 bridgehead atoms. The van der Waals surface area contributed by atoms with Crippen molar-refractivity contribution in [2.24, 2.45) is 0 Å². The van der Waals surface area contributed by atoms with E-state index in [1.165, 1.54) is 47.4 Å². The Kier molecular flexibility index (Phi) is 9.27. The van der Waals surface area contributed by atoms with Crippen molar-refractivity contribution < 1.29 is 14.3 Å². The normalized spacial score (nSPS) is 19.0. The molecular weight excluding hydrogens is 552 g/mol. The third-order valence-electron chi connectivity index (χ3n) is 9.24. The molecule has 0 unspecified atom stereocenters. The molecule has 3 aliphatic rings. The standard InChI is InChI=1S/C35H42N6O3/c1-3-32(42)41-20-19-40(23-27(41)15-17-36)34-29-16-18-39(31-14-8-11-26-10-7-9-25(2)33(26)31)24-30(29)37-35(38-34)44-22-21-43-28-12-5-4-6-13-28/h3,7-11,14,27-28H,1,4-6,12-13,15-16,18-24H2,2H3/t27-/m0/s1. The van der Waals surface area contributed by atoms with Gasteiger partial charge in [0, 0.05) is 42.8 Å². The second-order valence-electron chi connectivity index (χ2n) is 12.1. The van der Waals surface area contributed by atoms with Crippen molar-refractivity contribution in [3.63, 3.8) is 0 Å². The number of hydrogen-bond acceptors (Lipinski definition) is 8. The Labute approximate surface area is 260 Å². The zero-order valence-electron chi connectivity index (χ0n) is 25.7. The summed E-state index contributed by atoms with van der Waals surface area (Å²) in [5, 5.41) is 12.0. The highest BCUT2D eigenvalue weighted by Crippen LogP contribution is 2.36. The van der Waals surface area contributed by atoms with E-state index in [9.17, 15) is 10.1 Å². The van der Waals surface area contributed by atoms with Crippen LogP contribution in [0.4, 0.5) is 11.5 Å². The first kappa shape index (κ1) is 29.9. The second-order valence-corrected chi connectivity index (χ2v) is 12.1. The molecule has 1 saturated heterocycles. The van der Waals surface area contributed by atoms with Gasteiger partial charge in [0.1, 0.15) is 12.4 Å². The van der Waals surface area contributed by atoms with E-state index in [1.807, 2.05) is 0 Å². The van der Waals surface area contributed by atoms with Crippen LogP contribution in [0.1, 0.15) is 55.3 Å². The highest BCUT2D eigenvalue weighted by Gasteiger charge is 2.33. The van der Waals surface area contributed by atoms with Gasteiger partial charge in [-0.3, -0.25) is 4.79 Å². The lowest BCUT2D eigenvalue weighted by Gasteiger charge is -2.42. The SMILES string of the molecule is C=CC(=O)N1CCN(c2nc(OCCOC3CCCCC3)nc3c2CCN(c2cccc4cccc(C)c24)C3)C[C@@H]1CC#N. The number of aryl methyl sites for hydroxylation is 1. The third-order valence-corrected chi connectivity index (χ3v) is 9.24. The molecule has 0 spiro atoms. The quantitative estimate of drug-likeness (QED) is 0.242. The lowest BCUT2D eigenvalue weighted by Crippen LogP contribution is -2.55. The van der Waals surface area contributed by atoms with Crippen LogP contribution in [0.2, 0.25) is 0 Å². The number of carbonyl (C=O) groups excluding carboxylic acids is 1. The average Bonchev–Trinajstić information content (AvgIpc) is 3.06. The first-order valence-electron chi connectivity index (χ1n) is 16.0. The van der Waals surface area contributed by atoms with Crippen molar-refractivity contribution in [2.75, 3.05) is 49.2 Å². The van der Waals surface area contributed by atoms with Gasteiger partial charge >= 0.3 is 6.01 Å². The number of carbonyl (C=O) groups is 1. The van der Waals surface area contributed by atoms with E-state index in [0.29, 0.717) is 51.5 Å². The minimum atomic E-state index is -0.239. The summed E-state index contributed by atoms with van der Waals surface area (Å²) in [4.78, 5) is 28.8. The van der Waals surface area contributed by atoms with Crippen LogP contribution in [-0.2, 0) is 22.5 Å². The van der Waals surface area contributed by atoms with Gasteiger partial charge in [-0.05, 0) is 49.3 Å². The van der Waals surface area contributed by atoms with Gasteiger partial charge in [-0.25, -0.2) is 0 Å². The maximum atomic E-state index is 12.5. The molecule has 1 aromatic heterocycles. The molecule has 6 rings (SSSR count). The Bertz CT molecular complexity index is 1540. The molecule has 9 nitrogen and oxygen atoms in total. The molecule has 2 aliphatic heterocycles. The van der Waals surface area contributed by atoms with Crippen LogP contribution in [-0.4, -0.2) is 72.3 Å². The van der Waals surface area contributed by atoms with Crippen molar-refractivity contribution in [1.82, 2.24) is 14.9 Å². The summed E-state index contributed by atoms with van der Waals surface area (Å²) in [6.45, 7) is 9.84. The zero-order chi connectivity index (χ0) is 30.5. The van der Waals surface area contributed by atoms with Gasteiger partial charge in [0.05, 0.1) is 43.5 Å². The van der Waals surface area contributed by atoms with Crippen LogP contribution in [0.3, 0.4) is 0 Å². The van der Waals surface area contributed by atoms with E-state index < -0.39 is 0 Å². The number of aromatic nitrogens is 2. The molecule has 1 atom stereocenters. The lowest BCUT2D eigenvalue weighted by molar-refractivity contribution is -0.128. The van der Waals surface area contributed by atoms with Crippen LogP contribution in [0.25, 0.3) is 10.8 Å². The number of rotatable bonds is 9. The van der Waals surface area contributed by atoms with Gasteiger partial charge < -0.3 is 24.2 Å². The maximum absolute atomic E-state index is 12.5. The van der Waals surface area contributed by atoms with Crippen LogP contribution in [0.15, 0.2) is 49.1 Å². The first-order chi connectivity index (χ1) is 21.6. The number of nitriles is 1. The smallest absolute Gasteiger partial charge is 0.318 e. The van der Waals surface area contributed by atoms with Crippen LogP contribution in [0, 0.1) is 18.3 Å². The molecule has 2 fully saturated rings. The lowest BCUT2D eigenvalue weighted by atomic mass is 9.98. The Hall–Kier alpha value is -4.16. The van der Waals surface area contributed by atoms with E-state index in [2.05, 4.69) is 65.8 Å². The zero-order valence-corrected chi connectivity index (χ0v) is 25.7. The van der Waals surface area contributed by atoms with Gasteiger partial charge in [-0.1, -0.05) is 56.2 Å². The first-order valence-corrected chi connectivity index (χ1v) is 16.0. The van der Waals surface area contributed by atoms with E-state index in [-0.39, 0.29) is 18.4 Å². The molecule has 230 valence electrons. The number of benzene rings is 2. The Balaban J connectivity index is 1.28. The third kappa shape index (κ3) is 6.36. The fourth-order valence-electron chi connectivity index (χ4n) is 7.00. The minimum Gasteiger partial charge on any atom is -0.461 e. The average molecular weight is 595 g/mol. The van der Waals surface area contributed by atoms with Crippen LogP contribution < -0.4 is 14.5 Å². The minimum absolute atomic E-state index is 0.141. The molecule has 2 aromatic carbocycles. The fraction of sp³-hybridized carbons (Fsp3) is 0.486. The summed E-state index contributed by atoms with van der Waals surface area (Å²) in [5.74, 6) is 0.707. The summed E-state index contributed by atoms with van der Waals surface area (Å²) < 4.78 is 12.3. The van der Waals surface area contributed by atoms with Crippen molar-refractivity contribution in [3.8, 4) is 12.1 Å². The summed E-state index contributed by atoms with van der Waals surface area (Å²) in [6, 6.07) is 15.3. The van der Waals surface area contributed by atoms with Crippen molar-refractivity contribution in [1.29, 1.82) is 5.26 Å². The van der Waals surface area contributed by atoms with E-state index >= 15 is 0 Å². The number of anilines is 2. The predicted molar refractivity (Wildman–Crippen MR) is 172 cm³/mol. The van der Waals surface area contributed by atoms with Gasteiger partial charge in [0.2, 0.25) is 5.91 Å². The number of hydrogen-bond donors (Lipinski definition) is 0. The number of nitrogens with zero attached hydrogens (tertiary/aromatic N) is 6. The van der Waals surface area contributed by atoms with E-state index in [4.69, 9.17) is 19.4 Å². The number of ether oxygens (including phenoxy) is 2. The van der Waals surface area contributed by atoms with Crippen molar-refractivity contribution >= 4 is 28.2 Å². The van der Waals surface area contributed by atoms with E-state index in [0.717, 1.165) is 42.9 Å². The van der Waals surface area contributed by atoms with Crippen LogP contribution in [0.5, 0.6) is 6.01 Å². The molecule has 9 heteroatoms. The maximum Gasteiger partial charge on any atom is 0.318 e. The fourth-order valence-corrected chi connectivity index (χ4v) is 7.00. The van der Waals surface area contributed by atoms with Gasteiger partial charge in [-0.15, -0.1) is 0 Å². The molecule has 1 saturated carbocycles. The Morgan fingerprint density at radius 3 is 2.68 bits per heavy atom. The number of amides is 1. The van der Waals surface area contributed by atoms with E-state index in [1.54, 1.807) is 4.90 Å². The summed E-state index contributed by atoms with van der Waals surface area (Å²) in [6.07, 6.45) is 8.67. The monoisotopic (exact) mass is 594 g/mol. The Morgan fingerprint density at radius 2 is 1.89 bits per heavy atom. The molecule has 1 amide bonds.